The van der Waals surface area contributed by atoms with Crippen molar-refractivity contribution in [3.8, 4) is 18.0 Å². The van der Waals surface area contributed by atoms with Gasteiger partial charge in [-0.25, -0.2) is 15.0 Å². The van der Waals surface area contributed by atoms with Crippen LogP contribution in [0.2, 0.25) is 0 Å². The predicted molar refractivity (Wildman–Crippen MR) is 132 cm³/mol. The van der Waals surface area contributed by atoms with Gasteiger partial charge in [0.05, 0.1) is 22.9 Å². The van der Waals surface area contributed by atoms with Crippen LogP contribution < -0.4 is 10.9 Å². The first-order valence-electron chi connectivity index (χ1n) is 10.4. The van der Waals surface area contributed by atoms with Crippen molar-refractivity contribution in [2.45, 2.75) is 19.4 Å². The number of anilines is 1. The third-order valence-corrected chi connectivity index (χ3v) is 5.28. The number of aromatic amines is 1. The molecule has 33 heavy (non-hydrogen) atoms. The summed E-state index contributed by atoms with van der Waals surface area (Å²) in [4.78, 5) is 34.7. The van der Waals surface area contributed by atoms with Crippen LogP contribution in [0.3, 0.4) is 0 Å². The minimum absolute atomic E-state index is 0.179. The van der Waals surface area contributed by atoms with Gasteiger partial charge in [0.2, 0.25) is 0 Å². The van der Waals surface area contributed by atoms with E-state index in [0.29, 0.717) is 39.8 Å². The number of amidine groups is 1. The number of aryl methyl sites for hydroxylation is 1. The smallest absolute Gasteiger partial charge is 0.266 e. The van der Waals surface area contributed by atoms with Gasteiger partial charge in [0.25, 0.3) is 5.56 Å². The molecule has 8 heteroatoms. The fourth-order valence-corrected chi connectivity index (χ4v) is 3.76. The molecule has 2 aromatic carbocycles. The number of nitrogens with one attached hydrogen (secondary N) is 2. The number of rotatable bonds is 6. The Morgan fingerprint density at radius 2 is 2.06 bits per heavy atom. The van der Waals surface area contributed by atoms with Crippen LogP contribution >= 0.6 is 0 Å². The highest BCUT2D eigenvalue weighted by Gasteiger charge is 2.23. The lowest BCUT2D eigenvalue weighted by atomic mass is 10.1. The molecule has 4 rings (SSSR count). The van der Waals surface area contributed by atoms with Gasteiger partial charge >= 0.3 is 0 Å². The van der Waals surface area contributed by atoms with E-state index in [0.717, 1.165) is 5.56 Å². The molecule has 8 nitrogen and oxygen atoms in total. The molecular formula is C25H23N7O. The first-order chi connectivity index (χ1) is 16.1. The van der Waals surface area contributed by atoms with Crippen LogP contribution in [0.25, 0.3) is 16.6 Å². The zero-order valence-electron chi connectivity index (χ0n) is 18.4. The van der Waals surface area contributed by atoms with Gasteiger partial charge < -0.3 is 10.3 Å². The number of para-hydroxylation sites is 1. The van der Waals surface area contributed by atoms with E-state index in [1.807, 2.05) is 55.5 Å². The number of H-pyrrole nitrogens is 1. The summed E-state index contributed by atoms with van der Waals surface area (Å²) in [5.41, 5.74) is 2.51. The second-order valence-electron chi connectivity index (χ2n) is 7.33. The number of terminal acetylenes is 1. The molecule has 0 aliphatic rings. The molecule has 1 atom stereocenters. The summed E-state index contributed by atoms with van der Waals surface area (Å²) in [6, 6.07) is 14.3. The standard InChI is InChI=1S/C25H23N7O/c1-5-10-19(30-23(27-4)21-22(26-3)29-15-28-21)24-31-18-14-9-11-16(2)20(18)25(33)32(24)17-12-7-6-8-13-17/h1,6-9,11-15,19,26H,4,10H2,2-3H3,(H,28,29). The molecule has 0 aliphatic heterocycles. The first-order valence-corrected chi connectivity index (χ1v) is 10.4. The van der Waals surface area contributed by atoms with Crippen LogP contribution in [0.15, 0.2) is 69.6 Å². The fraction of sp³-hybridized carbons (Fsp3) is 0.160. The van der Waals surface area contributed by atoms with Crippen molar-refractivity contribution in [1.82, 2.24) is 19.5 Å². The Kier molecular flexibility index (Phi) is 6.13. The maximum atomic E-state index is 13.7. The molecule has 0 bridgehead atoms. The Morgan fingerprint density at radius 1 is 1.27 bits per heavy atom. The van der Waals surface area contributed by atoms with E-state index in [2.05, 4.69) is 32.9 Å². The zero-order chi connectivity index (χ0) is 23.4. The van der Waals surface area contributed by atoms with Gasteiger partial charge in [-0.1, -0.05) is 30.3 Å². The average molecular weight is 438 g/mol. The molecule has 0 amide bonds. The molecule has 0 spiro atoms. The number of fused-ring (bicyclic) bond motifs is 1. The molecule has 0 saturated carbocycles. The van der Waals surface area contributed by atoms with Gasteiger partial charge in [0, 0.05) is 13.5 Å². The maximum absolute atomic E-state index is 13.7. The van der Waals surface area contributed by atoms with Crippen LogP contribution in [-0.4, -0.2) is 39.1 Å². The van der Waals surface area contributed by atoms with E-state index < -0.39 is 6.04 Å². The summed E-state index contributed by atoms with van der Waals surface area (Å²) in [5, 5.41) is 3.55. The largest absolute Gasteiger partial charge is 0.371 e. The highest BCUT2D eigenvalue weighted by molar-refractivity contribution is 6.03. The second-order valence-corrected chi connectivity index (χ2v) is 7.33. The summed E-state index contributed by atoms with van der Waals surface area (Å²) < 4.78 is 1.58. The highest BCUT2D eigenvalue weighted by Crippen LogP contribution is 2.26. The van der Waals surface area contributed by atoms with Gasteiger partial charge in [0.1, 0.15) is 17.6 Å². The minimum atomic E-state index is -0.652. The summed E-state index contributed by atoms with van der Waals surface area (Å²) >= 11 is 0. The van der Waals surface area contributed by atoms with Crippen LogP contribution in [0.1, 0.15) is 29.5 Å². The van der Waals surface area contributed by atoms with Crippen LogP contribution in [0.4, 0.5) is 5.82 Å². The van der Waals surface area contributed by atoms with Gasteiger partial charge in [-0.2, -0.15) is 0 Å². The molecular weight excluding hydrogens is 414 g/mol. The molecule has 0 saturated heterocycles. The number of imidazole rings is 1. The predicted octanol–water partition coefficient (Wildman–Crippen LogP) is 3.67. The molecule has 0 fully saturated rings. The molecule has 1 unspecified atom stereocenters. The molecule has 164 valence electrons. The van der Waals surface area contributed by atoms with E-state index in [-0.39, 0.29) is 12.0 Å². The third kappa shape index (κ3) is 4.04. The number of hydrogen-bond donors (Lipinski definition) is 2. The Hall–Kier alpha value is -4.51. The van der Waals surface area contributed by atoms with Crippen molar-refractivity contribution in [3.05, 3.63) is 82.3 Å². The Morgan fingerprint density at radius 3 is 2.76 bits per heavy atom. The van der Waals surface area contributed by atoms with Crippen molar-refractivity contribution < 1.29 is 0 Å². The Bertz CT molecular complexity index is 1440. The topological polar surface area (TPSA) is 100 Å². The van der Waals surface area contributed by atoms with Gasteiger partial charge in [0.15, 0.2) is 11.7 Å². The normalized spacial score (nSPS) is 12.3. The molecule has 0 aliphatic carbocycles. The van der Waals surface area contributed by atoms with Crippen molar-refractivity contribution in [1.29, 1.82) is 0 Å². The monoisotopic (exact) mass is 437 g/mol. The van der Waals surface area contributed by atoms with Crippen molar-refractivity contribution in [2.24, 2.45) is 9.98 Å². The summed E-state index contributed by atoms with van der Waals surface area (Å²) in [6.07, 6.45) is 7.45. The highest BCUT2D eigenvalue weighted by atomic mass is 16.1. The summed E-state index contributed by atoms with van der Waals surface area (Å²) in [5.74, 6) is 3.97. The molecule has 2 heterocycles. The second kappa shape index (κ2) is 9.32. The summed E-state index contributed by atoms with van der Waals surface area (Å²) in [7, 11) is 1.75. The lowest BCUT2D eigenvalue weighted by Crippen LogP contribution is -2.26. The lowest BCUT2D eigenvalue weighted by molar-refractivity contribution is 0.660. The maximum Gasteiger partial charge on any atom is 0.266 e. The minimum Gasteiger partial charge on any atom is -0.371 e. The number of aliphatic imine (C=N–C) groups is 2. The van der Waals surface area contributed by atoms with Crippen molar-refractivity contribution >= 4 is 29.3 Å². The number of aromatic nitrogens is 4. The van der Waals surface area contributed by atoms with E-state index in [9.17, 15) is 4.79 Å². The Labute approximate surface area is 191 Å². The zero-order valence-corrected chi connectivity index (χ0v) is 18.4. The molecule has 4 aromatic rings. The quantitative estimate of drug-likeness (QED) is 0.273. The van der Waals surface area contributed by atoms with E-state index in [1.165, 1.54) is 6.33 Å². The molecule has 0 radical (unpaired) electrons. The SMILES string of the molecule is C#CCC(N=C(N=C)c1[nH]cnc1NC)c1nc2cccc(C)c2c(=O)n1-c1ccccc1. The number of benzene rings is 2. The fourth-order valence-electron chi connectivity index (χ4n) is 3.76. The number of hydrogen-bond acceptors (Lipinski definition) is 5. The average Bonchev–Trinajstić information content (AvgIpc) is 3.31. The molecule has 2 N–H and O–H groups in total. The lowest BCUT2D eigenvalue weighted by Gasteiger charge is -2.19. The van der Waals surface area contributed by atoms with Crippen LogP contribution in [-0.2, 0) is 0 Å². The van der Waals surface area contributed by atoms with Crippen LogP contribution in [0.5, 0.6) is 0 Å². The van der Waals surface area contributed by atoms with E-state index in [1.54, 1.807) is 11.6 Å². The third-order valence-electron chi connectivity index (χ3n) is 5.28. The van der Waals surface area contributed by atoms with Gasteiger partial charge in [-0.3, -0.25) is 14.4 Å². The van der Waals surface area contributed by atoms with E-state index >= 15 is 0 Å². The Balaban J connectivity index is 2.02. The van der Waals surface area contributed by atoms with Crippen molar-refractivity contribution in [3.63, 3.8) is 0 Å². The first kappa shape index (κ1) is 21.7. The van der Waals surface area contributed by atoms with E-state index in [4.69, 9.17) is 16.4 Å². The van der Waals surface area contributed by atoms with Crippen LogP contribution in [0, 0.1) is 19.3 Å². The van der Waals surface area contributed by atoms with Gasteiger partial charge in [-0.15, -0.1) is 12.3 Å². The van der Waals surface area contributed by atoms with Gasteiger partial charge in [-0.05, 0) is 37.4 Å². The number of nitrogens with zero attached hydrogens (tertiary/aromatic N) is 5. The summed E-state index contributed by atoms with van der Waals surface area (Å²) in [6.45, 7) is 5.56. The van der Waals surface area contributed by atoms with Crippen molar-refractivity contribution in [2.75, 3.05) is 12.4 Å². The molecule has 2 aromatic heterocycles.